The fourth-order valence-corrected chi connectivity index (χ4v) is 2.33. The molecule has 2 heterocycles. The quantitative estimate of drug-likeness (QED) is 0.788. The summed E-state index contributed by atoms with van der Waals surface area (Å²) < 4.78 is 6.01. The summed E-state index contributed by atoms with van der Waals surface area (Å²) in [6.45, 7) is 2.10. The Kier molecular flexibility index (Phi) is 2.69. The molecule has 0 aliphatic carbocycles. The van der Waals surface area contributed by atoms with Crippen LogP contribution >= 0.6 is 0 Å². The van der Waals surface area contributed by atoms with Gasteiger partial charge >= 0.3 is 0 Å². The van der Waals surface area contributed by atoms with E-state index >= 15 is 0 Å². The highest BCUT2D eigenvalue weighted by atomic mass is 16.5. The van der Waals surface area contributed by atoms with Crippen LogP contribution in [0.5, 0.6) is 5.88 Å². The first-order valence-electron chi connectivity index (χ1n) is 6.02. The highest BCUT2D eigenvalue weighted by Crippen LogP contribution is 2.24. The monoisotopic (exact) mass is 228 g/mol. The van der Waals surface area contributed by atoms with E-state index in [1.807, 2.05) is 24.4 Å². The van der Waals surface area contributed by atoms with Crippen molar-refractivity contribution in [2.45, 2.75) is 12.5 Å². The molecule has 1 aromatic carbocycles. The van der Waals surface area contributed by atoms with Crippen molar-refractivity contribution in [2.24, 2.45) is 0 Å². The Hall–Kier alpha value is -1.61. The number of aromatic nitrogens is 1. The summed E-state index contributed by atoms with van der Waals surface area (Å²) >= 11 is 0. The molecule has 17 heavy (non-hydrogen) atoms. The lowest BCUT2D eigenvalue weighted by Gasteiger charge is -2.14. The van der Waals surface area contributed by atoms with Crippen LogP contribution in [-0.4, -0.2) is 36.1 Å². The third-order valence-electron chi connectivity index (χ3n) is 3.26. The molecule has 0 spiro atoms. The van der Waals surface area contributed by atoms with E-state index in [4.69, 9.17) is 4.74 Å². The minimum atomic E-state index is 0.276. The first kappa shape index (κ1) is 10.5. The van der Waals surface area contributed by atoms with E-state index in [9.17, 15) is 0 Å². The van der Waals surface area contributed by atoms with Crippen LogP contribution in [0.3, 0.4) is 0 Å². The van der Waals surface area contributed by atoms with E-state index < -0.39 is 0 Å². The zero-order valence-electron chi connectivity index (χ0n) is 9.97. The Morgan fingerprint density at radius 1 is 1.29 bits per heavy atom. The molecule has 1 unspecified atom stereocenters. The van der Waals surface area contributed by atoms with Gasteiger partial charge in [0.05, 0.1) is 0 Å². The first-order valence-corrected chi connectivity index (χ1v) is 6.02. The van der Waals surface area contributed by atoms with Gasteiger partial charge in [0.15, 0.2) is 0 Å². The molecule has 1 aliphatic rings. The smallest absolute Gasteiger partial charge is 0.221 e. The average molecular weight is 228 g/mol. The van der Waals surface area contributed by atoms with Gasteiger partial charge in [-0.25, -0.2) is 4.98 Å². The summed E-state index contributed by atoms with van der Waals surface area (Å²) in [4.78, 5) is 6.64. The van der Waals surface area contributed by atoms with Gasteiger partial charge in [-0.3, -0.25) is 0 Å². The van der Waals surface area contributed by atoms with Crippen molar-refractivity contribution in [3.05, 3.63) is 36.5 Å². The maximum atomic E-state index is 6.01. The zero-order chi connectivity index (χ0) is 11.7. The van der Waals surface area contributed by atoms with Gasteiger partial charge in [0.25, 0.3) is 0 Å². The standard InChI is InChI=1S/C14H16N2O/c1-16-9-7-12(10-16)17-14-13-5-3-2-4-11(13)6-8-15-14/h2-6,8,12H,7,9-10H2,1H3. The molecule has 3 rings (SSSR count). The number of likely N-dealkylation sites (tertiary alicyclic amines) is 1. The van der Waals surface area contributed by atoms with E-state index in [0.29, 0.717) is 0 Å². The lowest BCUT2D eigenvalue weighted by atomic mass is 10.2. The molecule has 1 aliphatic heterocycles. The molecule has 1 saturated heterocycles. The second-order valence-electron chi connectivity index (χ2n) is 4.63. The predicted molar refractivity (Wildman–Crippen MR) is 68.3 cm³/mol. The normalized spacial score (nSPS) is 20.9. The second kappa shape index (κ2) is 4.34. The van der Waals surface area contributed by atoms with Crippen molar-refractivity contribution in [3.8, 4) is 5.88 Å². The number of benzene rings is 1. The van der Waals surface area contributed by atoms with Gasteiger partial charge in [0, 0.05) is 24.7 Å². The molecule has 0 N–H and O–H groups in total. The van der Waals surface area contributed by atoms with Crippen LogP contribution in [0, 0.1) is 0 Å². The second-order valence-corrected chi connectivity index (χ2v) is 4.63. The van der Waals surface area contributed by atoms with Crippen molar-refractivity contribution in [1.82, 2.24) is 9.88 Å². The predicted octanol–water partition coefficient (Wildman–Crippen LogP) is 2.32. The number of rotatable bonds is 2. The molecule has 1 fully saturated rings. The molecule has 0 amide bonds. The molecule has 3 nitrogen and oxygen atoms in total. The minimum absolute atomic E-state index is 0.276. The van der Waals surface area contributed by atoms with Crippen LogP contribution in [-0.2, 0) is 0 Å². The van der Waals surface area contributed by atoms with Crippen LogP contribution < -0.4 is 4.74 Å². The topological polar surface area (TPSA) is 25.4 Å². The van der Waals surface area contributed by atoms with Gasteiger partial charge < -0.3 is 9.64 Å². The lowest BCUT2D eigenvalue weighted by Crippen LogP contribution is -2.21. The van der Waals surface area contributed by atoms with Gasteiger partial charge in [-0.05, 0) is 31.0 Å². The Bertz CT molecular complexity index is 521. The molecule has 88 valence electrons. The summed E-state index contributed by atoms with van der Waals surface area (Å²) in [6, 6.07) is 10.2. The maximum absolute atomic E-state index is 6.01. The maximum Gasteiger partial charge on any atom is 0.221 e. The molecular weight excluding hydrogens is 212 g/mol. The number of ether oxygens (including phenoxy) is 1. The summed E-state index contributed by atoms with van der Waals surface area (Å²) in [6.07, 6.45) is 3.18. The molecule has 1 aromatic heterocycles. The molecule has 2 aromatic rings. The van der Waals surface area contributed by atoms with Gasteiger partial charge in [0.2, 0.25) is 5.88 Å². The average Bonchev–Trinajstić information content (AvgIpc) is 2.75. The summed E-state index contributed by atoms with van der Waals surface area (Å²) in [5.74, 6) is 0.767. The Morgan fingerprint density at radius 3 is 3.00 bits per heavy atom. The number of pyridine rings is 1. The molecular formula is C14H16N2O. The van der Waals surface area contributed by atoms with Crippen molar-refractivity contribution < 1.29 is 4.74 Å². The number of hydrogen-bond acceptors (Lipinski definition) is 3. The fourth-order valence-electron chi connectivity index (χ4n) is 2.33. The van der Waals surface area contributed by atoms with E-state index in [0.717, 1.165) is 30.8 Å². The van der Waals surface area contributed by atoms with Crippen molar-refractivity contribution >= 4 is 10.8 Å². The van der Waals surface area contributed by atoms with Gasteiger partial charge in [-0.15, -0.1) is 0 Å². The summed E-state index contributed by atoms with van der Waals surface area (Å²) in [5.41, 5.74) is 0. The third-order valence-corrected chi connectivity index (χ3v) is 3.26. The molecule has 0 saturated carbocycles. The van der Waals surface area contributed by atoms with E-state index in [-0.39, 0.29) is 6.10 Å². The largest absolute Gasteiger partial charge is 0.472 e. The minimum Gasteiger partial charge on any atom is -0.472 e. The first-order chi connectivity index (χ1) is 8.33. The molecule has 0 bridgehead atoms. The van der Waals surface area contributed by atoms with Crippen molar-refractivity contribution in [3.63, 3.8) is 0 Å². The van der Waals surface area contributed by atoms with E-state index in [1.165, 1.54) is 5.39 Å². The summed E-state index contributed by atoms with van der Waals surface area (Å²) in [5, 5.41) is 2.29. The van der Waals surface area contributed by atoms with Crippen LogP contribution in [0.1, 0.15) is 6.42 Å². The number of hydrogen-bond donors (Lipinski definition) is 0. The zero-order valence-corrected chi connectivity index (χ0v) is 9.97. The Morgan fingerprint density at radius 2 is 2.18 bits per heavy atom. The Labute approximate surface area is 101 Å². The van der Waals surface area contributed by atoms with Crippen LogP contribution in [0.15, 0.2) is 36.5 Å². The van der Waals surface area contributed by atoms with Crippen LogP contribution in [0.2, 0.25) is 0 Å². The highest BCUT2D eigenvalue weighted by Gasteiger charge is 2.21. The highest BCUT2D eigenvalue weighted by molar-refractivity contribution is 5.86. The molecule has 0 radical (unpaired) electrons. The van der Waals surface area contributed by atoms with Gasteiger partial charge in [-0.1, -0.05) is 18.2 Å². The van der Waals surface area contributed by atoms with Crippen LogP contribution in [0.4, 0.5) is 0 Å². The molecule has 3 heteroatoms. The Balaban J connectivity index is 1.90. The number of fused-ring (bicyclic) bond motifs is 1. The fraction of sp³-hybridized carbons (Fsp3) is 0.357. The van der Waals surface area contributed by atoms with Gasteiger partial charge in [-0.2, -0.15) is 0 Å². The SMILES string of the molecule is CN1CCC(Oc2nccc3ccccc23)C1. The molecule has 1 atom stereocenters. The lowest BCUT2D eigenvalue weighted by molar-refractivity contribution is 0.203. The van der Waals surface area contributed by atoms with Crippen molar-refractivity contribution in [2.75, 3.05) is 20.1 Å². The van der Waals surface area contributed by atoms with E-state index in [1.54, 1.807) is 0 Å². The van der Waals surface area contributed by atoms with E-state index in [2.05, 4.69) is 29.1 Å². The summed E-state index contributed by atoms with van der Waals surface area (Å²) in [7, 11) is 2.12. The third kappa shape index (κ3) is 2.11. The van der Waals surface area contributed by atoms with Crippen molar-refractivity contribution in [1.29, 1.82) is 0 Å². The number of likely N-dealkylation sites (N-methyl/N-ethyl adjacent to an activating group) is 1. The number of nitrogens with zero attached hydrogens (tertiary/aromatic N) is 2. The van der Waals surface area contributed by atoms with Gasteiger partial charge in [0.1, 0.15) is 6.10 Å². The van der Waals surface area contributed by atoms with Crippen LogP contribution in [0.25, 0.3) is 10.8 Å².